The van der Waals surface area contributed by atoms with E-state index in [0.29, 0.717) is 0 Å². The Morgan fingerprint density at radius 3 is 2.46 bits per heavy atom. The van der Waals surface area contributed by atoms with Gasteiger partial charge in [0, 0.05) is 6.42 Å². The van der Waals surface area contributed by atoms with Gasteiger partial charge < -0.3 is 5.11 Å². The second-order valence-electron chi connectivity index (χ2n) is 4.70. The van der Waals surface area contributed by atoms with E-state index in [0.717, 1.165) is 32.1 Å². The third-order valence-electron chi connectivity index (χ3n) is 3.49. The zero-order valence-corrected chi connectivity index (χ0v) is 8.98. The predicted octanol–water partition coefficient (Wildman–Crippen LogP) is 2.73. The molecule has 0 aromatic carbocycles. The van der Waals surface area contributed by atoms with Crippen LogP contribution in [0.15, 0.2) is 0 Å². The van der Waals surface area contributed by atoms with E-state index in [2.05, 4.69) is 25.7 Å². The summed E-state index contributed by atoms with van der Waals surface area (Å²) in [5, 5.41) is 10.4. The summed E-state index contributed by atoms with van der Waals surface area (Å²) in [6.45, 7) is 6.18. The summed E-state index contributed by atoms with van der Waals surface area (Å²) in [7, 11) is 0. The fourth-order valence-corrected chi connectivity index (χ4v) is 2.25. The molecule has 0 bridgehead atoms. The summed E-state index contributed by atoms with van der Waals surface area (Å²) in [5.74, 6) is 5.90. The molecule has 0 spiro atoms. The second-order valence-corrected chi connectivity index (χ2v) is 4.70. The Hall–Kier alpha value is -0.480. The Balaban J connectivity index is 2.57. The van der Waals surface area contributed by atoms with Crippen LogP contribution >= 0.6 is 0 Å². The molecule has 1 aliphatic carbocycles. The van der Waals surface area contributed by atoms with Gasteiger partial charge in [-0.1, -0.05) is 13.8 Å². The quantitative estimate of drug-likeness (QED) is 0.648. The van der Waals surface area contributed by atoms with E-state index in [-0.39, 0.29) is 5.41 Å². The fourth-order valence-electron chi connectivity index (χ4n) is 2.25. The highest BCUT2D eigenvalue weighted by molar-refractivity contribution is 5.03. The molecular weight excluding hydrogens is 160 g/mol. The molecule has 1 heteroatoms. The van der Waals surface area contributed by atoms with E-state index in [9.17, 15) is 5.11 Å². The van der Waals surface area contributed by atoms with E-state index >= 15 is 0 Å². The third-order valence-corrected chi connectivity index (χ3v) is 3.49. The van der Waals surface area contributed by atoms with E-state index < -0.39 is 5.60 Å². The lowest BCUT2D eigenvalue weighted by Crippen LogP contribution is -2.39. The average Bonchev–Trinajstić information content (AvgIpc) is 2.28. The molecule has 0 saturated heterocycles. The van der Waals surface area contributed by atoms with Crippen LogP contribution in [0.25, 0.3) is 0 Å². The van der Waals surface area contributed by atoms with Crippen LogP contribution in [0.2, 0.25) is 0 Å². The number of aliphatic hydroxyl groups is 1. The molecule has 74 valence electrons. The van der Waals surface area contributed by atoms with Crippen LogP contribution in [-0.2, 0) is 0 Å². The van der Waals surface area contributed by atoms with Crippen LogP contribution < -0.4 is 0 Å². The predicted molar refractivity (Wildman–Crippen MR) is 55.3 cm³/mol. The molecule has 0 aromatic heterocycles. The monoisotopic (exact) mass is 180 g/mol. The maximum atomic E-state index is 10.4. The molecule has 0 heterocycles. The van der Waals surface area contributed by atoms with Crippen molar-refractivity contribution in [3.05, 3.63) is 0 Å². The van der Waals surface area contributed by atoms with Crippen molar-refractivity contribution in [3.8, 4) is 11.8 Å². The van der Waals surface area contributed by atoms with Gasteiger partial charge in [0.2, 0.25) is 0 Å². The smallest absolute Gasteiger partial charge is 0.0707 e. The van der Waals surface area contributed by atoms with Crippen molar-refractivity contribution >= 4 is 0 Å². The molecule has 0 aliphatic heterocycles. The highest BCUT2D eigenvalue weighted by Gasteiger charge is 2.46. The lowest BCUT2D eigenvalue weighted by molar-refractivity contribution is -0.0481. The molecule has 1 rings (SSSR count). The highest BCUT2D eigenvalue weighted by atomic mass is 16.3. The molecule has 1 fully saturated rings. The van der Waals surface area contributed by atoms with Crippen LogP contribution in [0.5, 0.6) is 0 Å². The van der Waals surface area contributed by atoms with Crippen molar-refractivity contribution in [1.29, 1.82) is 0 Å². The maximum Gasteiger partial charge on any atom is 0.0707 e. The van der Waals surface area contributed by atoms with Gasteiger partial charge >= 0.3 is 0 Å². The zero-order chi connectivity index (χ0) is 9.95. The van der Waals surface area contributed by atoms with Crippen molar-refractivity contribution in [2.24, 2.45) is 5.41 Å². The molecule has 0 aromatic rings. The minimum Gasteiger partial charge on any atom is -0.389 e. The number of hydrogen-bond donors (Lipinski definition) is 1. The normalized spacial score (nSPS) is 31.1. The third kappa shape index (κ3) is 2.06. The lowest BCUT2D eigenvalue weighted by atomic mass is 9.75. The van der Waals surface area contributed by atoms with E-state index in [1.54, 1.807) is 0 Å². The first-order valence-electron chi connectivity index (χ1n) is 5.14. The van der Waals surface area contributed by atoms with Gasteiger partial charge in [0.25, 0.3) is 0 Å². The Morgan fingerprint density at radius 2 is 2.00 bits per heavy atom. The highest BCUT2D eigenvalue weighted by Crippen LogP contribution is 2.48. The van der Waals surface area contributed by atoms with Crippen LogP contribution in [0, 0.1) is 17.3 Å². The van der Waals surface area contributed by atoms with Gasteiger partial charge in [-0.05, 0) is 38.0 Å². The summed E-state index contributed by atoms with van der Waals surface area (Å²) in [5.41, 5.74) is -0.376. The minimum absolute atomic E-state index is 0.0857. The topological polar surface area (TPSA) is 20.2 Å². The van der Waals surface area contributed by atoms with Gasteiger partial charge in [0.1, 0.15) is 0 Å². The first-order chi connectivity index (χ1) is 6.02. The summed E-state index contributed by atoms with van der Waals surface area (Å²) in [6.07, 6.45) is 4.91. The standard InChI is InChI=1S/C12H20O/c1-4-5-6-9-12(13)10-7-8-11(12,2)3/h13H,6-10H2,1-3H3. The Kier molecular flexibility index (Phi) is 3.03. The lowest BCUT2D eigenvalue weighted by Gasteiger charge is -2.36. The zero-order valence-electron chi connectivity index (χ0n) is 8.98. The largest absolute Gasteiger partial charge is 0.389 e. The molecule has 0 amide bonds. The molecule has 1 nitrogen and oxygen atoms in total. The molecule has 1 saturated carbocycles. The molecule has 13 heavy (non-hydrogen) atoms. The van der Waals surface area contributed by atoms with Crippen molar-refractivity contribution in [2.75, 3.05) is 0 Å². The molecule has 1 atom stereocenters. The molecular formula is C12H20O. The second kappa shape index (κ2) is 3.72. The van der Waals surface area contributed by atoms with Crippen molar-refractivity contribution in [3.63, 3.8) is 0 Å². The summed E-state index contributed by atoms with van der Waals surface area (Å²) in [4.78, 5) is 0. The van der Waals surface area contributed by atoms with Gasteiger partial charge in [-0.2, -0.15) is 0 Å². The van der Waals surface area contributed by atoms with Gasteiger partial charge in [-0.3, -0.25) is 0 Å². The Morgan fingerprint density at radius 1 is 1.31 bits per heavy atom. The average molecular weight is 180 g/mol. The summed E-state index contributed by atoms with van der Waals surface area (Å²) in [6, 6.07) is 0. The van der Waals surface area contributed by atoms with Gasteiger partial charge in [-0.15, -0.1) is 11.8 Å². The van der Waals surface area contributed by atoms with Crippen molar-refractivity contribution < 1.29 is 5.11 Å². The molecule has 1 aliphatic rings. The van der Waals surface area contributed by atoms with Crippen molar-refractivity contribution in [2.45, 2.75) is 58.5 Å². The van der Waals surface area contributed by atoms with Crippen molar-refractivity contribution in [1.82, 2.24) is 0 Å². The first kappa shape index (κ1) is 10.6. The number of rotatable bonds is 2. The van der Waals surface area contributed by atoms with Gasteiger partial charge in [0.05, 0.1) is 5.60 Å². The molecule has 1 N–H and O–H groups in total. The first-order valence-corrected chi connectivity index (χ1v) is 5.14. The fraction of sp³-hybridized carbons (Fsp3) is 0.833. The maximum absolute atomic E-state index is 10.4. The van der Waals surface area contributed by atoms with E-state index in [1.807, 2.05) is 6.92 Å². The van der Waals surface area contributed by atoms with Gasteiger partial charge in [-0.25, -0.2) is 0 Å². The summed E-state index contributed by atoms with van der Waals surface area (Å²) < 4.78 is 0. The van der Waals surface area contributed by atoms with Crippen LogP contribution in [0.4, 0.5) is 0 Å². The van der Waals surface area contributed by atoms with Crippen LogP contribution in [0.3, 0.4) is 0 Å². The molecule has 0 radical (unpaired) electrons. The SMILES string of the molecule is CC#CCCC1(O)CCCC1(C)C. The minimum atomic E-state index is -0.461. The van der Waals surface area contributed by atoms with Crippen LogP contribution in [-0.4, -0.2) is 10.7 Å². The Bertz CT molecular complexity index is 231. The number of hydrogen-bond acceptors (Lipinski definition) is 1. The van der Waals surface area contributed by atoms with Gasteiger partial charge in [0.15, 0.2) is 0 Å². The van der Waals surface area contributed by atoms with E-state index in [4.69, 9.17) is 0 Å². The van der Waals surface area contributed by atoms with Crippen LogP contribution in [0.1, 0.15) is 52.9 Å². The van der Waals surface area contributed by atoms with E-state index in [1.165, 1.54) is 0 Å². The molecule has 1 unspecified atom stereocenters. The summed E-state index contributed by atoms with van der Waals surface area (Å²) >= 11 is 0. The Labute approximate surface area is 81.5 Å².